The molecule has 35 heavy (non-hydrogen) atoms. The van der Waals surface area contributed by atoms with Gasteiger partial charge < -0.3 is 19.3 Å². The van der Waals surface area contributed by atoms with Crippen LogP contribution in [0.1, 0.15) is 28.8 Å². The Balaban J connectivity index is 1.47. The highest BCUT2D eigenvalue weighted by Gasteiger charge is 2.53. The summed E-state index contributed by atoms with van der Waals surface area (Å²) >= 11 is 0. The summed E-state index contributed by atoms with van der Waals surface area (Å²) in [5, 5.41) is 0. The molecule has 2 aliphatic heterocycles. The summed E-state index contributed by atoms with van der Waals surface area (Å²) in [5.41, 5.74) is -0.130. The van der Waals surface area contributed by atoms with Crippen molar-refractivity contribution >= 4 is 23.6 Å². The van der Waals surface area contributed by atoms with Crippen LogP contribution in [0.3, 0.4) is 0 Å². The molecule has 4 amide bonds. The van der Waals surface area contributed by atoms with Crippen molar-refractivity contribution in [3.63, 3.8) is 0 Å². The van der Waals surface area contributed by atoms with E-state index in [9.17, 15) is 19.2 Å². The highest BCUT2D eigenvalue weighted by atomic mass is 16.5. The number of carbonyl (C=O) groups is 4. The molecular weight excluding hydrogens is 450 g/mol. The average Bonchev–Trinajstić information content (AvgIpc) is 3.12. The second kappa shape index (κ2) is 9.77. The zero-order valence-electron chi connectivity index (χ0n) is 20.2. The number of amides is 4. The van der Waals surface area contributed by atoms with Crippen molar-refractivity contribution < 1.29 is 28.7 Å². The third-order valence-electron chi connectivity index (χ3n) is 6.87. The van der Waals surface area contributed by atoms with E-state index < -0.39 is 11.3 Å². The molecule has 0 spiro atoms. The molecule has 4 rings (SSSR count). The lowest BCUT2D eigenvalue weighted by Crippen LogP contribution is -2.52. The van der Waals surface area contributed by atoms with Gasteiger partial charge >= 0.3 is 0 Å². The van der Waals surface area contributed by atoms with Gasteiger partial charge in [0, 0.05) is 51.6 Å². The topological polar surface area (TPSA) is 96.5 Å². The smallest absolute Gasteiger partial charge is 0.253 e. The summed E-state index contributed by atoms with van der Waals surface area (Å²) in [6.07, 6.45) is -0.196. The van der Waals surface area contributed by atoms with E-state index >= 15 is 0 Å². The van der Waals surface area contributed by atoms with E-state index in [4.69, 9.17) is 9.47 Å². The number of likely N-dealkylation sites (tertiary alicyclic amines) is 1. The number of ether oxygens (including phenoxy) is 2. The minimum atomic E-state index is -1.27. The molecule has 0 N–H and O–H groups in total. The normalized spacial score (nSPS) is 20.3. The lowest BCUT2D eigenvalue weighted by Gasteiger charge is -2.36. The third-order valence-corrected chi connectivity index (χ3v) is 6.87. The van der Waals surface area contributed by atoms with Gasteiger partial charge in [0.1, 0.15) is 11.5 Å². The fraction of sp³-hybridized carbons (Fsp3) is 0.385. The second-order valence-corrected chi connectivity index (χ2v) is 8.83. The largest absolute Gasteiger partial charge is 0.497 e. The summed E-state index contributed by atoms with van der Waals surface area (Å²) in [4.78, 5) is 56.4. The van der Waals surface area contributed by atoms with Crippen LogP contribution in [0.2, 0.25) is 0 Å². The van der Waals surface area contributed by atoms with E-state index in [1.807, 2.05) is 0 Å². The predicted molar refractivity (Wildman–Crippen MR) is 127 cm³/mol. The van der Waals surface area contributed by atoms with Gasteiger partial charge in [-0.2, -0.15) is 0 Å². The van der Waals surface area contributed by atoms with Crippen LogP contribution >= 0.6 is 0 Å². The van der Waals surface area contributed by atoms with Gasteiger partial charge in [0.25, 0.3) is 5.91 Å². The summed E-state index contributed by atoms with van der Waals surface area (Å²) < 4.78 is 10.4. The molecule has 0 aromatic heterocycles. The van der Waals surface area contributed by atoms with Gasteiger partial charge in [-0.1, -0.05) is 12.1 Å². The van der Waals surface area contributed by atoms with E-state index in [-0.39, 0.29) is 30.6 Å². The maximum Gasteiger partial charge on any atom is 0.253 e. The molecule has 2 fully saturated rings. The molecule has 2 aromatic rings. The molecule has 0 unspecified atom stereocenters. The van der Waals surface area contributed by atoms with E-state index in [1.165, 1.54) is 14.2 Å². The van der Waals surface area contributed by atoms with Crippen molar-refractivity contribution in [2.45, 2.75) is 18.3 Å². The molecule has 0 bridgehead atoms. The number of benzene rings is 2. The van der Waals surface area contributed by atoms with E-state index in [1.54, 1.807) is 65.4 Å². The number of carbonyl (C=O) groups excluding carboxylic acids is 4. The van der Waals surface area contributed by atoms with Gasteiger partial charge in [-0.25, -0.2) is 0 Å². The van der Waals surface area contributed by atoms with E-state index in [2.05, 4.69) is 0 Å². The number of imide groups is 1. The standard InChI is InChI=1S/C26H29N3O6/c1-27-22(30)16-26(25(27)33,19-5-4-6-21(15-19)35-3)17-23(31)28-11-13-29(14-12-28)24(32)18-7-9-20(34-2)10-8-18/h4-10,15H,11-14,16-17H2,1-3H3/t26-/m0/s1. The SMILES string of the molecule is COc1ccc(C(=O)N2CCN(C(=O)C[C@]3(c4cccc(OC)c4)CC(=O)N(C)C3=O)CC2)cc1. The maximum absolute atomic E-state index is 13.4. The minimum absolute atomic E-state index is 0.0723. The first-order chi connectivity index (χ1) is 16.8. The highest BCUT2D eigenvalue weighted by molar-refractivity contribution is 6.10. The van der Waals surface area contributed by atoms with E-state index in [0.717, 1.165) is 4.90 Å². The van der Waals surface area contributed by atoms with Gasteiger partial charge in [-0.05, 0) is 42.0 Å². The Bertz CT molecular complexity index is 1140. The molecule has 184 valence electrons. The number of rotatable bonds is 6. The monoisotopic (exact) mass is 479 g/mol. The molecule has 2 heterocycles. The van der Waals surface area contributed by atoms with E-state index in [0.29, 0.717) is 48.8 Å². The Morgan fingerprint density at radius 1 is 0.886 bits per heavy atom. The van der Waals surface area contributed by atoms with Crippen molar-refractivity contribution in [2.24, 2.45) is 0 Å². The van der Waals surface area contributed by atoms with Crippen molar-refractivity contribution in [3.05, 3.63) is 59.7 Å². The molecule has 2 saturated heterocycles. The Morgan fingerprint density at radius 3 is 2.09 bits per heavy atom. The maximum atomic E-state index is 13.4. The fourth-order valence-corrected chi connectivity index (χ4v) is 4.72. The summed E-state index contributed by atoms with van der Waals surface area (Å²) in [7, 11) is 4.54. The highest BCUT2D eigenvalue weighted by Crippen LogP contribution is 2.41. The number of piperazine rings is 1. The first-order valence-electron chi connectivity index (χ1n) is 11.5. The first-order valence-corrected chi connectivity index (χ1v) is 11.5. The van der Waals surface area contributed by atoms with Crippen LogP contribution in [0.25, 0.3) is 0 Å². The van der Waals surface area contributed by atoms with Crippen molar-refractivity contribution in [2.75, 3.05) is 47.4 Å². The number of methoxy groups -OCH3 is 2. The molecule has 0 saturated carbocycles. The lowest BCUT2D eigenvalue weighted by molar-refractivity contribution is -0.142. The Morgan fingerprint density at radius 2 is 1.51 bits per heavy atom. The first kappa shape index (κ1) is 24.3. The van der Waals surface area contributed by atoms with Gasteiger partial charge in [0.2, 0.25) is 17.7 Å². The summed E-state index contributed by atoms with van der Waals surface area (Å²) in [5.74, 6) is 0.187. The van der Waals surface area contributed by atoms with Crippen LogP contribution in [0.5, 0.6) is 11.5 Å². The molecule has 2 aliphatic rings. The quantitative estimate of drug-likeness (QED) is 0.586. The van der Waals surface area contributed by atoms with Crippen molar-refractivity contribution in [3.8, 4) is 11.5 Å². The Kier molecular flexibility index (Phi) is 6.77. The fourth-order valence-electron chi connectivity index (χ4n) is 4.72. The van der Waals surface area contributed by atoms with Gasteiger partial charge in [0.05, 0.1) is 19.6 Å². The molecular formula is C26H29N3O6. The van der Waals surface area contributed by atoms with Crippen LogP contribution in [0, 0.1) is 0 Å². The molecule has 9 nitrogen and oxygen atoms in total. The molecule has 9 heteroatoms. The zero-order chi connectivity index (χ0) is 25.2. The summed E-state index contributed by atoms with van der Waals surface area (Å²) in [6, 6.07) is 13.9. The second-order valence-electron chi connectivity index (χ2n) is 8.83. The minimum Gasteiger partial charge on any atom is -0.497 e. The molecule has 2 aromatic carbocycles. The van der Waals surface area contributed by atoms with Crippen LogP contribution in [0.4, 0.5) is 0 Å². The van der Waals surface area contributed by atoms with Gasteiger partial charge in [-0.15, -0.1) is 0 Å². The van der Waals surface area contributed by atoms with Crippen molar-refractivity contribution in [1.29, 1.82) is 0 Å². The number of hydrogen-bond acceptors (Lipinski definition) is 6. The lowest BCUT2D eigenvalue weighted by atomic mass is 9.75. The van der Waals surface area contributed by atoms with Crippen LogP contribution in [-0.4, -0.2) is 85.8 Å². The zero-order valence-corrected chi connectivity index (χ0v) is 20.2. The average molecular weight is 480 g/mol. The van der Waals surface area contributed by atoms with Crippen LogP contribution in [-0.2, 0) is 19.8 Å². The Hall–Kier alpha value is -3.88. The molecule has 0 radical (unpaired) electrons. The molecule has 1 atom stereocenters. The Labute approximate surface area is 204 Å². The number of nitrogens with zero attached hydrogens (tertiary/aromatic N) is 3. The van der Waals surface area contributed by atoms with Gasteiger partial charge in [0.15, 0.2) is 0 Å². The predicted octanol–water partition coefficient (Wildman–Crippen LogP) is 1.71. The number of hydrogen-bond donors (Lipinski definition) is 0. The van der Waals surface area contributed by atoms with Gasteiger partial charge in [-0.3, -0.25) is 24.1 Å². The number of likely N-dealkylation sites (N-methyl/N-ethyl adjacent to an activating group) is 1. The van der Waals surface area contributed by atoms with Crippen molar-refractivity contribution in [1.82, 2.24) is 14.7 Å². The van der Waals surface area contributed by atoms with Crippen LogP contribution < -0.4 is 9.47 Å². The summed E-state index contributed by atoms with van der Waals surface area (Å²) in [6.45, 7) is 1.48. The van der Waals surface area contributed by atoms with Crippen LogP contribution in [0.15, 0.2) is 48.5 Å². The third kappa shape index (κ3) is 4.58. The molecule has 0 aliphatic carbocycles.